The van der Waals surface area contributed by atoms with Crippen LogP contribution in [0.2, 0.25) is 0 Å². The summed E-state index contributed by atoms with van der Waals surface area (Å²) in [6.07, 6.45) is 0. The molecule has 13 heavy (non-hydrogen) atoms. The molecule has 1 aromatic carbocycles. The van der Waals surface area contributed by atoms with Crippen LogP contribution in [0.25, 0.3) is 0 Å². The van der Waals surface area contributed by atoms with E-state index < -0.39 is 0 Å². The molecule has 0 aromatic heterocycles. The maximum absolute atomic E-state index is 11.3. The summed E-state index contributed by atoms with van der Waals surface area (Å²) in [5, 5.41) is 2.55. The summed E-state index contributed by atoms with van der Waals surface area (Å²) in [4.78, 5) is 11.3. The van der Waals surface area contributed by atoms with E-state index in [-0.39, 0.29) is 5.91 Å². The van der Waals surface area contributed by atoms with Gasteiger partial charge in [0.1, 0.15) is 5.75 Å². The standard InChI is InChI=1S/C9H10INO2/c1-11-9(12)7-4-3-6(10)5-8(7)13-2/h3-5H,1-2H3,(H,11,12). The van der Waals surface area contributed by atoms with Gasteiger partial charge in [-0.15, -0.1) is 0 Å². The molecule has 70 valence electrons. The van der Waals surface area contributed by atoms with Crippen molar-refractivity contribution in [3.63, 3.8) is 0 Å². The molecule has 0 bridgehead atoms. The quantitative estimate of drug-likeness (QED) is 0.842. The molecule has 0 atom stereocenters. The molecule has 1 N–H and O–H groups in total. The van der Waals surface area contributed by atoms with Crippen LogP contribution in [0.1, 0.15) is 10.4 Å². The van der Waals surface area contributed by atoms with Crippen molar-refractivity contribution in [2.45, 2.75) is 0 Å². The fourth-order valence-electron chi connectivity index (χ4n) is 0.987. The fourth-order valence-corrected chi connectivity index (χ4v) is 1.45. The second-order valence-electron chi connectivity index (χ2n) is 2.42. The molecule has 1 rings (SSSR count). The van der Waals surface area contributed by atoms with Crippen molar-refractivity contribution in [2.24, 2.45) is 0 Å². The Hall–Kier alpha value is -0.780. The number of ether oxygens (including phenoxy) is 1. The Morgan fingerprint density at radius 1 is 1.54 bits per heavy atom. The summed E-state index contributed by atoms with van der Waals surface area (Å²) >= 11 is 2.17. The molecule has 0 aliphatic heterocycles. The van der Waals surface area contributed by atoms with E-state index in [1.807, 2.05) is 12.1 Å². The molecular weight excluding hydrogens is 281 g/mol. The number of hydrogen-bond donors (Lipinski definition) is 1. The van der Waals surface area contributed by atoms with Gasteiger partial charge in [-0.05, 0) is 40.8 Å². The summed E-state index contributed by atoms with van der Waals surface area (Å²) in [6.45, 7) is 0. The fraction of sp³-hybridized carbons (Fsp3) is 0.222. The van der Waals surface area contributed by atoms with Crippen LogP contribution in [0.5, 0.6) is 5.75 Å². The number of carbonyl (C=O) groups is 1. The van der Waals surface area contributed by atoms with Gasteiger partial charge in [-0.25, -0.2) is 0 Å². The number of nitrogens with one attached hydrogen (secondary N) is 1. The second-order valence-corrected chi connectivity index (χ2v) is 3.67. The number of methoxy groups -OCH3 is 1. The predicted octanol–water partition coefficient (Wildman–Crippen LogP) is 1.66. The van der Waals surface area contributed by atoms with Crippen LogP contribution in [0.15, 0.2) is 18.2 Å². The van der Waals surface area contributed by atoms with Crippen LogP contribution >= 0.6 is 22.6 Å². The number of halogens is 1. The number of hydrogen-bond acceptors (Lipinski definition) is 2. The van der Waals surface area contributed by atoms with E-state index in [9.17, 15) is 4.79 Å². The Kier molecular flexibility index (Phi) is 3.53. The minimum atomic E-state index is -0.131. The van der Waals surface area contributed by atoms with Crippen LogP contribution in [0, 0.1) is 3.57 Å². The number of benzene rings is 1. The van der Waals surface area contributed by atoms with Crippen LogP contribution in [0.4, 0.5) is 0 Å². The first-order chi connectivity index (χ1) is 6.19. The third-order valence-electron chi connectivity index (χ3n) is 1.64. The molecule has 4 heteroatoms. The number of rotatable bonds is 2. The molecule has 0 saturated heterocycles. The smallest absolute Gasteiger partial charge is 0.254 e. The van der Waals surface area contributed by atoms with Gasteiger partial charge in [0, 0.05) is 10.6 Å². The highest BCUT2D eigenvalue weighted by atomic mass is 127. The van der Waals surface area contributed by atoms with Gasteiger partial charge in [-0.1, -0.05) is 0 Å². The number of carbonyl (C=O) groups excluding carboxylic acids is 1. The van der Waals surface area contributed by atoms with Crippen molar-refractivity contribution in [3.8, 4) is 5.75 Å². The molecule has 0 unspecified atom stereocenters. The maximum atomic E-state index is 11.3. The van der Waals surface area contributed by atoms with Gasteiger partial charge in [0.05, 0.1) is 12.7 Å². The van der Waals surface area contributed by atoms with Crippen molar-refractivity contribution in [1.82, 2.24) is 5.32 Å². The lowest BCUT2D eigenvalue weighted by molar-refractivity contribution is 0.0960. The summed E-state index contributed by atoms with van der Waals surface area (Å²) in [6, 6.07) is 5.44. The van der Waals surface area contributed by atoms with Crippen LogP contribution in [-0.2, 0) is 0 Å². The normalized spacial score (nSPS) is 9.46. The van der Waals surface area contributed by atoms with Crippen molar-refractivity contribution < 1.29 is 9.53 Å². The van der Waals surface area contributed by atoms with Crippen LogP contribution in [0.3, 0.4) is 0 Å². The van der Waals surface area contributed by atoms with E-state index in [1.54, 1.807) is 20.2 Å². The van der Waals surface area contributed by atoms with Gasteiger partial charge in [-0.2, -0.15) is 0 Å². The molecule has 0 saturated carbocycles. The predicted molar refractivity (Wildman–Crippen MR) is 59.1 cm³/mol. The lowest BCUT2D eigenvalue weighted by Gasteiger charge is -2.06. The Bertz CT molecular complexity index is 325. The van der Waals surface area contributed by atoms with Crippen molar-refractivity contribution in [2.75, 3.05) is 14.2 Å². The first-order valence-corrected chi connectivity index (χ1v) is 4.82. The Morgan fingerprint density at radius 3 is 2.77 bits per heavy atom. The first kappa shape index (κ1) is 10.3. The molecular formula is C9H10INO2. The summed E-state index contributed by atoms with van der Waals surface area (Å²) in [5.41, 5.74) is 0.561. The summed E-state index contributed by atoms with van der Waals surface area (Å²) in [7, 11) is 3.15. The van der Waals surface area contributed by atoms with E-state index in [0.29, 0.717) is 11.3 Å². The maximum Gasteiger partial charge on any atom is 0.254 e. The van der Waals surface area contributed by atoms with E-state index in [4.69, 9.17) is 4.74 Å². The zero-order valence-electron chi connectivity index (χ0n) is 7.43. The number of amides is 1. The zero-order valence-corrected chi connectivity index (χ0v) is 9.58. The topological polar surface area (TPSA) is 38.3 Å². The molecule has 0 heterocycles. The van der Waals surface area contributed by atoms with E-state index in [1.165, 1.54) is 0 Å². The Balaban J connectivity index is 3.13. The van der Waals surface area contributed by atoms with E-state index in [2.05, 4.69) is 27.9 Å². The third kappa shape index (κ3) is 2.33. The summed E-state index contributed by atoms with van der Waals surface area (Å²) in [5.74, 6) is 0.472. The van der Waals surface area contributed by atoms with Crippen molar-refractivity contribution >= 4 is 28.5 Å². The highest BCUT2D eigenvalue weighted by molar-refractivity contribution is 14.1. The van der Waals surface area contributed by atoms with Crippen molar-refractivity contribution in [3.05, 3.63) is 27.3 Å². The first-order valence-electron chi connectivity index (χ1n) is 3.74. The second kappa shape index (κ2) is 4.45. The van der Waals surface area contributed by atoms with Crippen LogP contribution < -0.4 is 10.1 Å². The average Bonchev–Trinajstić information content (AvgIpc) is 2.16. The SMILES string of the molecule is CNC(=O)c1ccc(I)cc1OC. The van der Waals surface area contributed by atoms with E-state index >= 15 is 0 Å². The minimum Gasteiger partial charge on any atom is -0.496 e. The Labute approximate surface area is 90.6 Å². The zero-order chi connectivity index (χ0) is 9.84. The highest BCUT2D eigenvalue weighted by Gasteiger charge is 2.09. The van der Waals surface area contributed by atoms with Gasteiger partial charge in [0.15, 0.2) is 0 Å². The van der Waals surface area contributed by atoms with Gasteiger partial charge in [0.25, 0.3) is 5.91 Å². The Morgan fingerprint density at radius 2 is 2.23 bits per heavy atom. The lowest BCUT2D eigenvalue weighted by atomic mass is 10.2. The molecule has 1 aromatic rings. The van der Waals surface area contributed by atoms with Gasteiger partial charge in [0.2, 0.25) is 0 Å². The molecule has 0 fully saturated rings. The monoisotopic (exact) mass is 291 g/mol. The highest BCUT2D eigenvalue weighted by Crippen LogP contribution is 2.20. The molecule has 0 spiro atoms. The average molecular weight is 291 g/mol. The van der Waals surface area contributed by atoms with Gasteiger partial charge < -0.3 is 10.1 Å². The molecule has 3 nitrogen and oxygen atoms in total. The molecule has 0 radical (unpaired) electrons. The third-order valence-corrected chi connectivity index (χ3v) is 2.31. The largest absolute Gasteiger partial charge is 0.496 e. The van der Waals surface area contributed by atoms with Gasteiger partial charge >= 0.3 is 0 Å². The summed E-state index contributed by atoms with van der Waals surface area (Å²) < 4.78 is 6.13. The molecule has 0 aliphatic carbocycles. The minimum absolute atomic E-state index is 0.131. The van der Waals surface area contributed by atoms with Gasteiger partial charge in [-0.3, -0.25) is 4.79 Å². The lowest BCUT2D eigenvalue weighted by Crippen LogP contribution is -2.18. The molecule has 1 amide bonds. The van der Waals surface area contributed by atoms with Crippen molar-refractivity contribution in [1.29, 1.82) is 0 Å². The molecule has 0 aliphatic rings. The van der Waals surface area contributed by atoms with E-state index in [0.717, 1.165) is 3.57 Å². The van der Waals surface area contributed by atoms with Crippen LogP contribution in [-0.4, -0.2) is 20.1 Å².